The Morgan fingerprint density at radius 1 is 0.247 bits per heavy atom. The van der Waals surface area contributed by atoms with Crippen molar-refractivity contribution in [3.8, 4) is 0 Å². The van der Waals surface area contributed by atoms with Crippen molar-refractivity contribution >= 4 is 17.9 Å². The second-order valence-corrected chi connectivity index (χ2v) is 24.5. The van der Waals surface area contributed by atoms with Crippen molar-refractivity contribution in [2.45, 2.75) is 399 Å². The van der Waals surface area contributed by atoms with E-state index in [4.69, 9.17) is 14.2 Å². The highest BCUT2D eigenvalue weighted by Gasteiger charge is 2.19. The summed E-state index contributed by atoms with van der Waals surface area (Å²) >= 11 is 0. The zero-order valence-electron chi connectivity index (χ0n) is 54.6. The van der Waals surface area contributed by atoms with Crippen LogP contribution in [0.5, 0.6) is 0 Å². The second-order valence-electron chi connectivity index (χ2n) is 24.5. The molecule has 0 radical (unpaired) electrons. The number of ether oxygens (including phenoxy) is 3. The highest BCUT2D eigenvalue weighted by Crippen LogP contribution is 2.18. The zero-order chi connectivity index (χ0) is 58.5. The molecule has 0 saturated heterocycles. The molecule has 0 aromatic rings. The Balaban J connectivity index is 4.31. The van der Waals surface area contributed by atoms with Crippen molar-refractivity contribution in [3.63, 3.8) is 0 Å². The highest BCUT2D eigenvalue weighted by molar-refractivity contribution is 5.71. The third kappa shape index (κ3) is 68.0. The Kier molecular flexibility index (Phi) is 67.6. The van der Waals surface area contributed by atoms with E-state index in [0.717, 1.165) is 77.0 Å². The lowest BCUT2D eigenvalue weighted by Gasteiger charge is -2.18. The van der Waals surface area contributed by atoms with E-state index >= 15 is 0 Å². The molecule has 0 aliphatic heterocycles. The van der Waals surface area contributed by atoms with E-state index in [-0.39, 0.29) is 31.1 Å². The molecular weight excluding hydrogens is 997 g/mol. The molecule has 0 aromatic carbocycles. The molecule has 0 aromatic heterocycles. The van der Waals surface area contributed by atoms with Crippen molar-refractivity contribution in [1.29, 1.82) is 0 Å². The molecule has 1 unspecified atom stereocenters. The Morgan fingerprint density at radius 3 is 0.704 bits per heavy atom. The van der Waals surface area contributed by atoms with Crippen molar-refractivity contribution in [3.05, 3.63) is 48.6 Å². The molecule has 0 spiro atoms. The first-order chi connectivity index (χ1) is 40.0. The topological polar surface area (TPSA) is 78.9 Å². The number of carbonyl (C=O) groups is 3. The van der Waals surface area contributed by atoms with Gasteiger partial charge in [-0.2, -0.15) is 0 Å². The van der Waals surface area contributed by atoms with E-state index < -0.39 is 6.10 Å². The number of allylic oxidation sites excluding steroid dienone is 8. The van der Waals surface area contributed by atoms with E-state index in [2.05, 4.69) is 69.4 Å². The van der Waals surface area contributed by atoms with Gasteiger partial charge in [0.1, 0.15) is 13.2 Å². The Labute approximate surface area is 505 Å². The van der Waals surface area contributed by atoms with Crippen molar-refractivity contribution < 1.29 is 28.6 Å². The van der Waals surface area contributed by atoms with Gasteiger partial charge in [0.15, 0.2) is 6.10 Å². The number of esters is 3. The summed E-state index contributed by atoms with van der Waals surface area (Å²) in [5.41, 5.74) is 0. The van der Waals surface area contributed by atoms with Crippen LogP contribution in [0.2, 0.25) is 0 Å². The monoisotopic (exact) mass is 1140 g/mol. The lowest BCUT2D eigenvalue weighted by atomic mass is 10.0. The summed E-state index contributed by atoms with van der Waals surface area (Å²) in [5, 5.41) is 0. The van der Waals surface area contributed by atoms with E-state index in [1.54, 1.807) is 0 Å². The molecule has 0 aliphatic rings. The van der Waals surface area contributed by atoms with Crippen LogP contribution in [-0.4, -0.2) is 37.2 Å². The zero-order valence-corrected chi connectivity index (χ0v) is 54.6. The Morgan fingerprint density at radius 2 is 0.444 bits per heavy atom. The van der Waals surface area contributed by atoms with Crippen LogP contribution in [-0.2, 0) is 28.6 Å². The van der Waals surface area contributed by atoms with E-state index in [9.17, 15) is 14.4 Å². The highest BCUT2D eigenvalue weighted by atomic mass is 16.6. The van der Waals surface area contributed by atoms with Crippen molar-refractivity contribution in [2.75, 3.05) is 13.2 Å². The van der Waals surface area contributed by atoms with Crippen LogP contribution < -0.4 is 0 Å². The minimum atomic E-state index is -0.778. The molecule has 81 heavy (non-hydrogen) atoms. The van der Waals surface area contributed by atoms with Crippen LogP contribution in [0.15, 0.2) is 48.6 Å². The summed E-state index contributed by atoms with van der Waals surface area (Å²) in [6.07, 6.45) is 88.5. The first-order valence-corrected chi connectivity index (χ1v) is 36.1. The lowest BCUT2D eigenvalue weighted by Crippen LogP contribution is -2.30. The van der Waals surface area contributed by atoms with Crippen LogP contribution in [0.25, 0.3) is 0 Å². The summed E-state index contributed by atoms with van der Waals surface area (Å²) < 4.78 is 17.0. The van der Waals surface area contributed by atoms with Crippen molar-refractivity contribution in [2.24, 2.45) is 0 Å². The van der Waals surface area contributed by atoms with Crippen LogP contribution >= 0.6 is 0 Å². The summed E-state index contributed by atoms with van der Waals surface area (Å²) in [6.45, 7) is 6.69. The predicted molar refractivity (Wildman–Crippen MR) is 353 cm³/mol. The van der Waals surface area contributed by atoms with Gasteiger partial charge in [-0.05, 0) is 83.5 Å². The average Bonchev–Trinajstić information content (AvgIpc) is 3.47. The van der Waals surface area contributed by atoms with Crippen LogP contribution in [0.3, 0.4) is 0 Å². The molecule has 0 rings (SSSR count). The molecule has 474 valence electrons. The van der Waals surface area contributed by atoms with Gasteiger partial charge >= 0.3 is 17.9 Å². The molecule has 1 atom stereocenters. The summed E-state index contributed by atoms with van der Waals surface area (Å²) in [7, 11) is 0. The lowest BCUT2D eigenvalue weighted by molar-refractivity contribution is -0.167. The van der Waals surface area contributed by atoms with Gasteiger partial charge in [-0.3, -0.25) is 14.4 Å². The second kappa shape index (κ2) is 69.9. The number of rotatable bonds is 67. The number of unbranched alkanes of at least 4 members (excludes halogenated alkanes) is 48. The molecule has 0 fully saturated rings. The van der Waals surface area contributed by atoms with Crippen LogP contribution in [0.4, 0.5) is 0 Å². The van der Waals surface area contributed by atoms with Crippen LogP contribution in [0.1, 0.15) is 393 Å². The minimum absolute atomic E-state index is 0.0736. The minimum Gasteiger partial charge on any atom is -0.462 e. The molecule has 0 N–H and O–H groups in total. The number of carbonyl (C=O) groups excluding carboxylic acids is 3. The summed E-state index contributed by atoms with van der Waals surface area (Å²) in [4.78, 5) is 38.5. The third-order valence-electron chi connectivity index (χ3n) is 16.3. The number of hydrogen-bond acceptors (Lipinski definition) is 6. The molecule has 6 nitrogen and oxygen atoms in total. The Hall–Kier alpha value is -2.63. The average molecular weight is 1140 g/mol. The molecule has 0 bridgehead atoms. The molecule has 0 amide bonds. The van der Waals surface area contributed by atoms with Gasteiger partial charge in [0.2, 0.25) is 0 Å². The Bertz CT molecular complexity index is 1400. The summed E-state index contributed by atoms with van der Waals surface area (Å²) in [5.74, 6) is -0.857. The third-order valence-corrected chi connectivity index (χ3v) is 16.3. The normalized spacial score (nSPS) is 12.3. The molecular formula is C75H138O6. The fraction of sp³-hybridized carbons (Fsp3) is 0.853. The SMILES string of the molecule is CCCCCCC/C=C\C/C=C\C/C=C\CCCCCCCCCCCCC(=O)OCC(COC(=O)CCCCCCC/C=C\CCCCCCCCC)OC(=O)CCCCCCCCCCCCCCCCCCCCCCCC. The van der Waals surface area contributed by atoms with Crippen molar-refractivity contribution in [1.82, 2.24) is 0 Å². The first-order valence-electron chi connectivity index (χ1n) is 36.1. The smallest absolute Gasteiger partial charge is 0.306 e. The fourth-order valence-corrected chi connectivity index (χ4v) is 10.9. The van der Waals surface area contributed by atoms with Crippen LogP contribution in [0, 0.1) is 0 Å². The molecule has 6 heteroatoms. The maximum Gasteiger partial charge on any atom is 0.306 e. The maximum absolute atomic E-state index is 13.0. The van der Waals surface area contributed by atoms with Gasteiger partial charge < -0.3 is 14.2 Å². The summed E-state index contributed by atoms with van der Waals surface area (Å²) in [6, 6.07) is 0. The van der Waals surface area contributed by atoms with E-state index in [1.165, 1.54) is 276 Å². The number of hydrogen-bond donors (Lipinski definition) is 0. The molecule has 0 heterocycles. The fourth-order valence-electron chi connectivity index (χ4n) is 10.9. The quantitative estimate of drug-likeness (QED) is 0.0261. The standard InChI is InChI=1S/C75H138O6/c1-4-7-10-13-16-19-22-25-28-31-33-35-37-38-39-41-42-44-47-50-53-56-59-62-65-68-74(77)80-71-72(70-79-73(76)67-64-61-58-55-52-49-46-30-27-24-21-18-15-12-9-6-3)81-75(78)69-66-63-60-57-54-51-48-45-43-40-36-34-32-29-26-23-20-17-14-11-8-5-2/h22,25,30-31,33,37-38,46,72H,4-21,23-24,26-29,32,34-36,39-45,47-71H2,1-3H3/b25-22-,33-31-,38-37-,46-30-. The van der Waals surface area contributed by atoms with Gasteiger partial charge in [0.05, 0.1) is 0 Å². The van der Waals surface area contributed by atoms with Gasteiger partial charge in [0, 0.05) is 19.3 Å². The van der Waals surface area contributed by atoms with E-state index in [0.29, 0.717) is 19.3 Å². The maximum atomic E-state index is 13.0. The molecule has 0 saturated carbocycles. The van der Waals surface area contributed by atoms with Gasteiger partial charge in [-0.15, -0.1) is 0 Å². The largest absolute Gasteiger partial charge is 0.462 e. The van der Waals surface area contributed by atoms with E-state index in [1.807, 2.05) is 0 Å². The predicted octanol–water partition coefficient (Wildman–Crippen LogP) is 24.9. The molecule has 0 aliphatic carbocycles. The first kappa shape index (κ1) is 78.4. The van der Waals surface area contributed by atoms with Gasteiger partial charge in [-0.1, -0.05) is 339 Å². The van der Waals surface area contributed by atoms with Gasteiger partial charge in [0.25, 0.3) is 0 Å². The van der Waals surface area contributed by atoms with Gasteiger partial charge in [-0.25, -0.2) is 0 Å².